The van der Waals surface area contributed by atoms with Crippen molar-refractivity contribution in [3.8, 4) is 0 Å². The average Bonchev–Trinajstić information content (AvgIpc) is 2.13. The van der Waals surface area contributed by atoms with Gasteiger partial charge in [0.2, 0.25) is 0 Å². The van der Waals surface area contributed by atoms with E-state index < -0.39 is 12.6 Å². The Hall–Kier alpha value is -0.490. The summed E-state index contributed by atoms with van der Waals surface area (Å²) in [5.74, 6) is 0.492. The number of rotatable bonds is 4. The molecule has 7 heteroatoms. The van der Waals surface area contributed by atoms with Gasteiger partial charge in [-0.25, -0.2) is 4.98 Å². The van der Waals surface area contributed by atoms with Gasteiger partial charge in [0.05, 0.1) is 9.50 Å². The molecule has 1 aromatic heterocycles. The second-order valence-corrected chi connectivity index (χ2v) is 4.42. The number of halogens is 5. The molecule has 0 bridgehead atoms. The van der Waals surface area contributed by atoms with Crippen LogP contribution < -0.4 is 5.32 Å². The van der Waals surface area contributed by atoms with Crippen LogP contribution in [0.15, 0.2) is 16.7 Å². The summed E-state index contributed by atoms with van der Waals surface area (Å²) in [5.41, 5.74) is 0. The first-order chi connectivity index (χ1) is 7.38. The van der Waals surface area contributed by atoms with Gasteiger partial charge in [-0.3, -0.25) is 0 Å². The molecule has 1 rings (SSSR count). The largest absolute Gasteiger partial charge is 0.389 e. The standard InChI is InChI=1S/C9H9BrClF3N2/c10-7-4-6(11)5-16-8(7)15-3-1-2-9(12,13)14/h4-5H,1-3H2,(H,15,16). The van der Waals surface area contributed by atoms with E-state index in [1.54, 1.807) is 6.07 Å². The normalized spacial score (nSPS) is 11.6. The number of aromatic nitrogens is 1. The SMILES string of the molecule is FC(F)(F)CCCNc1ncc(Cl)cc1Br. The molecule has 0 unspecified atom stereocenters. The van der Waals surface area contributed by atoms with Crippen molar-refractivity contribution in [1.82, 2.24) is 4.98 Å². The van der Waals surface area contributed by atoms with Crippen molar-refractivity contribution in [1.29, 1.82) is 0 Å². The van der Waals surface area contributed by atoms with E-state index in [2.05, 4.69) is 26.2 Å². The van der Waals surface area contributed by atoms with E-state index in [0.717, 1.165) is 0 Å². The van der Waals surface area contributed by atoms with Crippen LogP contribution in [0.2, 0.25) is 5.02 Å². The number of hydrogen-bond donors (Lipinski definition) is 1. The van der Waals surface area contributed by atoms with E-state index in [4.69, 9.17) is 11.6 Å². The number of anilines is 1. The van der Waals surface area contributed by atoms with E-state index in [0.29, 0.717) is 15.3 Å². The molecule has 0 aliphatic rings. The summed E-state index contributed by atoms with van der Waals surface area (Å²) in [5, 5.41) is 3.26. The maximum atomic E-state index is 11.8. The fraction of sp³-hybridized carbons (Fsp3) is 0.444. The summed E-state index contributed by atoms with van der Waals surface area (Å²) in [6, 6.07) is 1.63. The van der Waals surface area contributed by atoms with Gasteiger partial charge in [0.15, 0.2) is 0 Å². The van der Waals surface area contributed by atoms with Crippen LogP contribution >= 0.6 is 27.5 Å². The highest BCUT2D eigenvalue weighted by atomic mass is 79.9. The highest BCUT2D eigenvalue weighted by molar-refractivity contribution is 9.10. The Morgan fingerprint density at radius 1 is 1.44 bits per heavy atom. The molecule has 90 valence electrons. The second-order valence-electron chi connectivity index (χ2n) is 3.13. The molecular weight excluding hydrogens is 308 g/mol. The van der Waals surface area contributed by atoms with E-state index in [1.807, 2.05) is 0 Å². The Labute approximate surface area is 104 Å². The Morgan fingerprint density at radius 3 is 2.69 bits per heavy atom. The molecule has 0 fully saturated rings. The van der Waals surface area contributed by atoms with Crippen molar-refractivity contribution < 1.29 is 13.2 Å². The maximum absolute atomic E-state index is 11.8. The van der Waals surface area contributed by atoms with Crippen LogP contribution in [0, 0.1) is 0 Å². The van der Waals surface area contributed by atoms with Crippen LogP contribution in [0.4, 0.5) is 19.0 Å². The first-order valence-corrected chi connectivity index (χ1v) is 5.67. The van der Waals surface area contributed by atoms with Crippen molar-refractivity contribution >= 4 is 33.3 Å². The number of pyridine rings is 1. The van der Waals surface area contributed by atoms with Crippen molar-refractivity contribution in [2.45, 2.75) is 19.0 Å². The molecule has 1 N–H and O–H groups in total. The van der Waals surface area contributed by atoms with Gasteiger partial charge in [-0.2, -0.15) is 13.2 Å². The predicted octanol–water partition coefficient (Wildman–Crippen LogP) is 4.25. The lowest BCUT2D eigenvalue weighted by molar-refractivity contribution is -0.134. The summed E-state index contributed by atoms with van der Waals surface area (Å²) in [6.07, 6.45) is -3.46. The van der Waals surface area contributed by atoms with Crippen LogP contribution in [0.25, 0.3) is 0 Å². The topological polar surface area (TPSA) is 24.9 Å². The minimum Gasteiger partial charge on any atom is -0.369 e. The van der Waals surface area contributed by atoms with Gasteiger partial charge in [0.25, 0.3) is 0 Å². The molecule has 0 aromatic carbocycles. The van der Waals surface area contributed by atoms with E-state index in [9.17, 15) is 13.2 Å². The first-order valence-electron chi connectivity index (χ1n) is 4.50. The van der Waals surface area contributed by atoms with Crippen LogP contribution in [-0.2, 0) is 0 Å². The molecule has 0 radical (unpaired) electrons. The van der Waals surface area contributed by atoms with Crippen molar-refractivity contribution in [3.63, 3.8) is 0 Å². The fourth-order valence-corrected chi connectivity index (χ4v) is 1.82. The van der Waals surface area contributed by atoms with Gasteiger partial charge in [0, 0.05) is 19.2 Å². The zero-order valence-electron chi connectivity index (χ0n) is 8.11. The molecule has 0 spiro atoms. The summed E-state index contributed by atoms with van der Waals surface area (Å²) in [4.78, 5) is 3.94. The van der Waals surface area contributed by atoms with E-state index in [1.165, 1.54) is 6.20 Å². The van der Waals surface area contributed by atoms with Gasteiger partial charge < -0.3 is 5.32 Å². The van der Waals surface area contributed by atoms with Gasteiger partial charge >= 0.3 is 6.18 Å². The lowest BCUT2D eigenvalue weighted by Crippen LogP contribution is -2.11. The van der Waals surface area contributed by atoms with Crippen LogP contribution in [0.1, 0.15) is 12.8 Å². The van der Waals surface area contributed by atoms with E-state index >= 15 is 0 Å². The molecule has 1 aromatic rings. The number of hydrogen-bond acceptors (Lipinski definition) is 2. The molecule has 0 amide bonds. The van der Waals surface area contributed by atoms with Crippen molar-refractivity contribution in [2.24, 2.45) is 0 Å². The Morgan fingerprint density at radius 2 is 2.12 bits per heavy atom. The van der Waals surface area contributed by atoms with Gasteiger partial charge in [-0.05, 0) is 28.4 Å². The van der Waals surface area contributed by atoms with Gasteiger partial charge in [0.1, 0.15) is 5.82 Å². The molecule has 0 aliphatic carbocycles. The molecule has 1 heterocycles. The Kier molecular flexibility index (Phi) is 4.86. The van der Waals surface area contributed by atoms with Gasteiger partial charge in [-0.15, -0.1) is 0 Å². The molecule has 2 nitrogen and oxygen atoms in total. The molecular formula is C9H9BrClF3N2. The average molecular weight is 318 g/mol. The first kappa shape index (κ1) is 13.6. The number of nitrogens with zero attached hydrogens (tertiary/aromatic N) is 1. The van der Waals surface area contributed by atoms with Gasteiger partial charge in [-0.1, -0.05) is 11.6 Å². The molecule has 16 heavy (non-hydrogen) atoms. The zero-order valence-corrected chi connectivity index (χ0v) is 10.5. The molecule has 0 atom stereocenters. The predicted molar refractivity (Wildman–Crippen MR) is 60.7 cm³/mol. The lowest BCUT2D eigenvalue weighted by atomic mass is 10.3. The third-order valence-electron chi connectivity index (χ3n) is 1.74. The zero-order chi connectivity index (χ0) is 12.2. The third kappa shape index (κ3) is 5.03. The van der Waals surface area contributed by atoms with Crippen molar-refractivity contribution in [2.75, 3.05) is 11.9 Å². The minimum atomic E-state index is -4.10. The summed E-state index contributed by atoms with van der Waals surface area (Å²) < 4.78 is 36.2. The molecule has 0 saturated carbocycles. The highest BCUT2D eigenvalue weighted by Gasteiger charge is 2.25. The van der Waals surface area contributed by atoms with Crippen LogP contribution in [-0.4, -0.2) is 17.7 Å². The molecule has 0 aliphatic heterocycles. The second kappa shape index (κ2) is 5.72. The molecule has 0 saturated heterocycles. The van der Waals surface area contributed by atoms with Crippen LogP contribution in [0.5, 0.6) is 0 Å². The fourth-order valence-electron chi connectivity index (χ4n) is 1.04. The van der Waals surface area contributed by atoms with Crippen LogP contribution in [0.3, 0.4) is 0 Å². The highest BCUT2D eigenvalue weighted by Crippen LogP contribution is 2.24. The third-order valence-corrected chi connectivity index (χ3v) is 2.55. The monoisotopic (exact) mass is 316 g/mol. The Balaban J connectivity index is 2.38. The smallest absolute Gasteiger partial charge is 0.369 e. The quantitative estimate of drug-likeness (QED) is 0.840. The summed E-state index contributed by atoms with van der Waals surface area (Å²) in [6.45, 7) is 0.215. The Bertz CT molecular complexity index is 357. The van der Waals surface area contributed by atoms with Crippen molar-refractivity contribution in [3.05, 3.63) is 21.8 Å². The summed E-state index contributed by atoms with van der Waals surface area (Å²) in [7, 11) is 0. The van der Waals surface area contributed by atoms with E-state index in [-0.39, 0.29) is 13.0 Å². The number of alkyl halides is 3. The lowest BCUT2D eigenvalue weighted by Gasteiger charge is -2.09. The summed E-state index contributed by atoms with van der Waals surface area (Å²) >= 11 is 8.88. The maximum Gasteiger partial charge on any atom is 0.389 e. The minimum absolute atomic E-state index is 0.0141. The number of nitrogens with one attached hydrogen (secondary N) is 1.